The molecule has 0 saturated heterocycles. The van der Waals surface area contributed by atoms with Crippen molar-refractivity contribution in [1.82, 2.24) is 4.57 Å². The van der Waals surface area contributed by atoms with Gasteiger partial charge in [0.1, 0.15) is 5.75 Å². The van der Waals surface area contributed by atoms with E-state index in [1.54, 1.807) is 35.4 Å². The van der Waals surface area contributed by atoms with Crippen molar-refractivity contribution in [2.24, 2.45) is 0 Å². The molecule has 2 rings (SSSR count). The van der Waals surface area contributed by atoms with Gasteiger partial charge in [0, 0.05) is 22.2 Å². The molecule has 0 atom stereocenters. The number of halogens is 1. The van der Waals surface area contributed by atoms with Gasteiger partial charge in [-0.25, -0.2) is 0 Å². The van der Waals surface area contributed by atoms with E-state index < -0.39 is 0 Å². The molecule has 16 heavy (non-hydrogen) atoms. The third kappa shape index (κ3) is 2.28. The van der Waals surface area contributed by atoms with Crippen LogP contribution >= 0.6 is 22.9 Å². The maximum atomic E-state index is 11.4. The van der Waals surface area contributed by atoms with Crippen LogP contribution in [-0.4, -0.2) is 11.7 Å². The molecule has 5 heteroatoms. The van der Waals surface area contributed by atoms with E-state index in [-0.39, 0.29) is 4.87 Å². The molecule has 0 N–H and O–H groups in total. The minimum atomic E-state index is 0.0158. The highest BCUT2D eigenvalue weighted by molar-refractivity contribution is 7.07. The Morgan fingerprint density at radius 3 is 2.94 bits per heavy atom. The Morgan fingerprint density at radius 1 is 1.50 bits per heavy atom. The van der Waals surface area contributed by atoms with Gasteiger partial charge in [-0.15, -0.1) is 0 Å². The normalized spacial score (nSPS) is 10.4. The number of nitrogens with zero attached hydrogens (tertiary/aromatic N) is 1. The van der Waals surface area contributed by atoms with Crippen LogP contribution in [0.25, 0.3) is 0 Å². The summed E-state index contributed by atoms with van der Waals surface area (Å²) in [7, 11) is 1.60. The zero-order chi connectivity index (χ0) is 11.5. The highest BCUT2D eigenvalue weighted by Gasteiger charge is 2.06. The Kier molecular flexibility index (Phi) is 3.31. The molecule has 0 spiro atoms. The maximum Gasteiger partial charge on any atom is 0.307 e. The number of hydrogen-bond donors (Lipinski definition) is 0. The Bertz CT molecular complexity index is 547. The molecule has 0 aliphatic rings. The fourth-order valence-electron chi connectivity index (χ4n) is 1.46. The zero-order valence-electron chi connectivity index (χ0n) is 8.64. The molecule has 0 saturated carbocycles. The number of ether oxygens (including phenoxy) is 1. The lowest BCUT2D eigenvalue weighted by molar-refractivity contribution is 0.408. The molecule has 1 aromatic heterocycles. The van der Waals surface area contributed by atoms with Gasteiger partial charge in [0.05, 0.1) is 13.7 Å². The number of rotatable bonds is 3. The Hall–Kier alpha value is -1.26. The summed E-state index contributed by atoms with van der Waals surface area (Å²) in [5.74, 6) is 0.738. The van der Waals surface area contributed by atoms with Gasteiger partial charge in [-0.2, -0.15) is 0 Å². The van der Waals surface area contributed by atoms with Crippen molar-refractivity contribution >= 4 is 22.9 Å². The Balaban J connectivity index is 2.37. The molecular formula is C11H10ClNO2S. The SMILES string of the molecule is COc1ccc(Cl)cc1Cn1ccsc1=O. The van der Waals surface area contributed by atoms with Crippen LogP contribution in [-0.2, 0) is 6.54 Å². The second-order valence-electron chi connectivity index (χ2n) is 3.25. The summed E-state index contributed by atoms with van der Waals surface area (Å²) in [6, 6.07) is 5.37. The van der Waals surface area contributed by atoms with E-state index in [9.17, 15) is 4.79 Å². The monoisotopic (exact) mass is 255 g/mol. The first kappa shape index (κ1) is 11.2. The maximum absolute atomic E-state index is 11.4. The van der Waals surface area contributed by atoms with Crippen molar-refractivity contribution in [1.29, 1.82) is 0 Å². The molecule has 1 heterocycles. The van der Waals surface area contributed by atoms with Crippen LogP contribution in [0.2, 0.25) is 5.02 Å². The second kappa shape index (κ2) is 4.72. The second-order valence-corrected chi connectivity index (χ2v) is 4.55. The van der Waals surface area contributed by atoms with E-state index >= 15 is 0 Å². The van der Waals surface area contributed by atoms with E-state index in [0.29, 0.717) is 11.6 Å². The quantitative estimate of drug-likeness (QED) is 0.844. The van der Waals surface area contributed by atoms with Crippen molar-refractivity contribution in [2.45, 2.75) is 6.54 Å². The first-order valence-corrected chi connectivity index (χ1v) is 5.93. The smallest absolute Gasteiger partial charge is 0.307 e. The van der Waals surface area contributed by atoms with E-state index in [2.05, 4.69) is 0 Å². The zero-order valence-corrected chi connectivity index (χ0v) is 10.2. The first-order chi connectivity index (χ1) is 7.70. The van der Waals surface area contributed by atoms with E-state index in [0.717, 1.165) is 11.3 Å². The van der Waals surface area contributed by atoms with Crippen molar-refractivity contribution in [3.8, 4) is 5.75 Å². The van der Waals surface area contributed by atoms with Crippen LogP contribution in [0.1, 0.15) is 5.56 Å². The average Bonchev–Trinajstić information content (AvgIpc) is 2.65. The molecule has 0 amide bonds. The van der Waals surface area contributed by atoms with Gasteiger partial charge in [0.25, 0.3) is 0 Å². The third-order valence-corrected chi connectivity index (χ3v) is 3.16. The van der Waals surface area contributed by atoms with Crippen molar-refractivity contribution in [3.63, 3.8) is 0 Å². The molecule has 1 aromatic carbocycles. The van der Waals surface area contributed by atoms with Crippen LogP contribution in [0, 0.1) is 0 Å². The lowest BCUT2D eigenvalue weighted by atomic mass is 10.2. The molecule has 2 aromatic rings. The number of methoxy groups -OCH3 is 1. The van der Waals surface area contributed by atoms with Gasteiger partial charge in [0.15, 0.2) is 0 Å². The number of hydrogen-bond acceptors (Lipinski definition) is 3. The molecule has 84 valence electrons. The number of benzene rings is 1. The lowest BCUT2D eigenvalue weighted by Gasteiger charge is -2.08. The van der Waals surface area contributed by atoms with Crippen molar-refractivity contribution in [3.05, 3.63) is 50.0 Å². The Morgan fingerprint density at radius 2 is 2.31 bits per heavy atom. The summed E-state index contributed by atoms with van der Waals surface area (Å²) in [4.78, 5) is 11.4. The molecule has 0 aliphatic carbocycles. The number of thiazole rings is 1. The van der Waals surface area contributed by atoms with Gasteiger partial charge in [-0.3, -0.25) is 4.79 Å². The molecule has 3 nitrogen and oxygen atoms in total. The Labute approximate surface area is 102 Å². The van der Waals surface area contributed by atoms with Crippen LogP contribution in [0.4, 0.5) is 0 Å². The summed E-state index contributed by atoms with van der Waals surface area (Å²) in [5, 5.41) is 2.40. The molecule has 0 unspecified atom stereocenters. The topological polar surface area (TPSA) is 31.2 Å². The van der Waals surface area contributed by atoms with Gasteiger partial charge < -0.3 is 9.30 Å². The fourth-order valence-corrected chi connectivity index (χ4v) is 2.24. The highest BCUT2D eigenvalue weighted by Crippen LogP contribution is 2.23. The third-order valence-electron chi connectivity index (χ3n) is 2.23. The van der Waals surface area contributed by atoms with Crippen LogP contribution in [0.15, 0.2) is 34.6 Å². The van der Waals surface area contributed by atoms with Crippen molar-refractivity contribution < 1.29 is 4.74 Å². The summed E-state index contributed by atoms with van der Waals surface area (Å²) < 4.78 is 6.84. The van der Waals surface area contributed by atoms with Gasteiger partial charge in [-0.1, -0.05) is 22.9 Å². The van der Waals surface area contributed by atoms with Crippen molar-refractivity contribution in [2.75, 3.05) is 7.11 Å². The van der Waals surface area contributed by atoms with Crippen LogP contribution in [0.3, 0.4) is 0 Å². The molecule has 0 fully saturated rings. The average molecular weight is 256 g/mol. The summed E-state index contributed by atoms with van der Waals surface area (Å²) >= 11 is 7.09. The summed E-state index contributed by atoms with van der Waals surface area (Å²) in [6.45, 7) is 0.478. The minimum Gasteiger partial charge on any atom is -0.496 e. The summed E-state index contributed by atoms with van der Waals surface area (Å²) in [5.41, 5.74) is 0.899. The standard InChI is InChI=1S/C11H10ClNO2S/c1-15-10-3-2-9(12)6-8(10)7-13-4-5-16-11(13)14/h2-6H,7H2,1H3. The predicted octanol–water partition coefficient (Wildman–Crippen LogP) is 2.62. The fraction of sp³-hybridized carbons (Fsp3) is 0.182. The molecule has 0 bridgehead atoms. The van der Waals surface area contributed by atoms with Crippen LogP contribution in [0.5, 0.6) is 5.75 Å². The predicted molar refractivity (Wildman–Crippen MR) is 65.7 cm³/mol. The lowest BCUT2D eigenvalue weighted by Crippen LogP contribution is -2.13. The summed E-state index contributed by atoms with van der Waals surface area (Å²) in [6.07, 6.45) is 1.76. The first-order valence-electron chi connectivity index (χ1n) is 4.67. The molecule has 0 aliphatic heterocycles. The number of aromatic nitrogens is 1. The van der Waals surface area contributed by atoms with Gasteiger partial charge >= 0.3 is 4.87 Å². The molecule has 0 radical (unpaired) electrons. The van der Waals surface area contributed by atoms with Gasteiger partial charge in [0.2, 0.25) is 0 Å². The van der Waals surface area contributed by atoms with E-state index in [4.69, 9.17) is 16.3 Å². The molecular weight excluding hydrogens is 246 g/mol. The highest BCUT2D eigenvalue weighted by atomic mass is 35.5. The largest absolute Gasteiger partial charge is 0.496 e. The minimum absolute atomic E-state index is 0.0158. The van der Waals surface area contributed by atoms with E-state index in [1.807, 2.05) is 6.07 Å². The van der Waals surface area contributed by atoms with Crippen LogP contribution < -0.4 is 9.61 Å². The van der Waals surface area contributed by atoms with E-state index in [1.165, 1.54) is 11.3 Å². The van der Waals surface area contributed by atoms with Gasteiger partial charge in [-0.05, 0) is 18.2 Å².